The van der Waals surface area contributed by atoms with Crippen molar-refractivity contribution >= 4 is 17.2 Å². The van der Waals surface area contributed by atoms with E-state index in [0.29, 0.717) is 23.2 Å². The maximum atomic E-state index is 11.9. The van der Waals surface area contributed by atoms with Crippen LogP contribution in [-0.4, -0.2) is 18.1 Å². The van der Waals surface area contributed by atoms with Gasteiger partial charge in [0.25, 0.3) is 0 Å². The molecule has 0 unspecified atom stereocenters. The average molecular weight is 205 g/mol. The first-order chi connectivity index (χ1) is 7.33. The van der Waals surface area contributed by atoms with Gasteiger partial charge in [-0.3, -0.25) is 4.79 Å². The molecule has 0 fully saturated rings. The van der Waals surface area contributed by atoms with Gasteiger partial charge in [-0.05, 0) is 24.3 Å². The van der Waals surface area contributed by atoms with Gasteiger partial charge in [-0.1, -0.05) is 6.07 Å². The number of fused-ring (bicyclic) bond motifs is 1. The lowest BCUT2D eigenvalue weighted by Gasteiger charge is -2.02. The Morgan fingerprint density at radius 3 is 2.93 bits per heavy atom. The SMILES string of the molecule is O=Cc1ccc2cc(OCF)ccc2n1. The van der Waals surface area contributed by atoms with Crippen LogP contribution in [0, 0.1) is 0 Å². The second-order valence-electron chi connectivity index (χ2n) is 2.96. The number of aromatic nitrogens is 1. The minimum Gasteiger partial charge on any atom is -0.463 e. The van der Waals surface area contributed by atoms with Gasteiger partial charge < -0.3 is 4.74 Å². The molecular formula is C11H8FNO2. The van der Waals surface area contributed by atoms with E-state index in [4.69, 9.17) is 4.74 Å². The summed E-state index contributed by atoms with van der Waals surface area (Å²) in [5, 5.41) is 0.812. The van der Waals surface area contributed by atoms with E-state index in [2.05, 4.69) is 4.98 Å². The number of benzene rings is 1. The first-order valence-corrected chi connectivity index (χ1v) is 4.38. The number of aldehydes is 1. The number of hydrogen-bond acceptors (Lipinski definition) is 3. The summed E-state index contributed by atoms with van der Waals surface area (Å²) in [6.45, 7) is -0.856. The number of halogens is 1. The minimum absolute atomic E-state index is 0.377. The summed E-state index contributed by atoms with van der Waals surface area (Å²) < 4.78 is 16.6. The smallest absolute Gasteiger partial charge is 0.228 e. The van der Waals surface area contributed by atoms with Gasteiger partial charge in [-0.2, -0.15) is 0 Å². The molecule has 0 amide bonds. The summed E-state index contributed by atoms with van der Waals surface area (Å²) in [4.78, 5) is 14.6. The molecule has 0 aliphatic rings. The fourth-order valence-electron chi connectivity index (χ4n) is 1.34. The molecule has 0 aliphatic carbocycles. The number of pyridine rings is 1. The van der Waals surface area contributed by atoms with Gasteiger partial charge in [0.2, 0.25) is 6.86 Å². The van der Waals surface area contributed by atoms with E-state index in [1.54, 1.807) is 30.3 Å². The number of carbonyl (C=O) groups is 1. The molecule has 2 aromatic rings. The Morgan fingerprint density at radius 1 is 1.33 bits per heavy atom. The normalized spacial score (nSPS) is 10.2. The molecule has 1 aromatic carbocycles. The molecule has 0 saturated carbocycles. The number of alkyl halides is 1. The van der Waals surface area contributed by atoms with Crippen molar-refractivity contribution in [2.75, 3.05) is 6.86 Å². The van der Waals surface area contributed by atoms with E-state index >= 15 is 0 Å². The van der Waals surface area contributed by atoms with Crippen LogP contribution in [0.3, 0.4) is 0 Å². The zero-order valence-corrected chi connectivity index (χ0v) is 7.81. The van der Waals surface area contributed by atoms with Crippen molar-refractivity contribution in [2.24, 2.45) is 0 Å². The van der Waals surface area contributed by atoms with Crippen LogP contribution in [0.2, 0.25) is 0 Å². The molecule has 0 spiro atoms. The van der Waals surface area contributed by atoms with Gasteiger partial charge in [0.1, 0.15) is 11.4 Å². The van der Waals surface area contributed by atoms with Gasteiger partial charge in [0.15, 0.2) is 6.29 Å². The first-order valence-electron chi connectivity index (χ1n) is 4.38. The summed E-state index contributed by atoms with van der Waals surface area (Å²) in [6.07, 6.45) is 0.686. The lowest BCUT2D eigenvalue weighted by Crippen LogP contribution is -1.91. The monoisotopic (exact) mass is 205 g/mol. The van der Waals surface area contributed by atoms with Gasteiger partial charge in [-0.15, -0.1) is 0 Å². The van der Waals surface area contributed by atoms with Crippen molar-refractivity contribution in [3.05, 3.63) is 36.0 Å². The molecule has 15 heavy (non-hydrogen) atoms. The number of nitrogens with zero attached hydrogens (tertiary/aromatic N) is 1. The van der Waals surface area contributed by atoms with Crippen LogP contribution in [0.4, 0.5) is 4.39 Å². The molecule has 1 aromatic heterocycles. The Hall–Kier alpha value is -1.97. The summed E-state index contributed by atoms with van der Waals surface area (Å²) in [7, 11) is 0. The topological polar surface area (TPSA) is 39.2 Å². The Labute approximate surface area is 85.5 Å². The second kappa shape index (κ2) is 4.04. The maximum Gasteiger partial charge on any atom is 0.228 e. The van der Waals surface area contributed by atoms with Crippen LogP contribution in [0.25, 0.3) is 10.9 Å². The van der Waals surface area contributed by atoms with E-state index in [1.807, 2.05) is 0 Å². The Balaban J connectivity index is 2.49. The van der Waals surface area contributed by atoms with Gasteiger partial charge in [0, 0.05) is 5.39 Å². The molecule has 0 aliphatic heterocycles. The average Bonchev–Trinajstić information content (AvgIpc) is 2.29. The highest BCUT2D eigenvalue weighted by atomic mass is 19.1. The van der Waals surface area contributed by atoms with E-state index in [1.165, 1.54) is 0 Å². The predicted molar refractivity (Wildman–Crippen MR) is 53.7 cm³/mol. The Kier molecular flexibility index (Phi) is 2.58. The lowest BCUT2D eigenvalue weighted by atomic mass is 10.2. The Morgan fingerprint density at radius 2 is 2.20 bits per heavy atom. The van der Waals surface area contributed by atoms with Crippen LogP contribution in [0.5, 0.6) is 5.75 Å². The predicted octanol–water partition coefficient (Wildman–Crippen LogP) is 2.35. The fraction of sp³-hybridized carbons (Fsp3) is 0.0909. The molecule has 0 N–H and O–H groups in total. The van der Waals surface area contributed by atoms with Crippen molar-refractivity contribution in [3.8, 4) is 5.75 Å². The van der Waals surface area contributed by atoms with Crippen LogP contribution in [-0.2, 0) is 0 Å². The zero-order chi connectivity index (χ0) is 10.7. The first kappa shape index (κ1) is 9.58. The van der Waals surface area contributed by atoms with Gasteiger partial charge >= 0.3 is 0 Å². The van der Waals surface area contributed by atoms with Crippen molar-refractivity contribution in [1.82, 2.24) is 4.98 Å². The second-order valence-corrected chi connectivity index (χ2v) is 2.96. The standard InChI is InChI=1S/C11H8FNO2/c12-7-15-10-3-4-11-8(5-10)1-2-9(6-14)13-11/h1-6H,7H2. The third-order valence-corrected chi connectivity index (χ3v) is 2.02. The van der Waals surface area contributed by atoms with E-state index in [-0.39, 0.29) is 0 Å². The van der Waals surface area contributed by atoms with E-state index in [9.17, 15) is 9.18 Å². The number of rotatable bonds is 3. The quantitative estimate of drug-likeness (QED) is 0.722. The summed E-state index contributed by atoms with van der Waals surface area (Å²) >= 11 is 0. The van der Waals surface area contributed by atoms with Crippen molar-refractivity contribution in [3.63, 3.8) is 0 Å². The summed E-state index contributed by atoms with van der Waals surface area (Å²) in [5.74, 6) is 0.450. The Bertz CT molecular complexity index is 499. The minimum atomic E-state index is -0.856. The molecule has 4 heteroatoms. The molecule has 0 atom stereocenters. The molecule has 0 radical (unpaired) electrons. The van der Waals surface area contributed by atoms with Gasteiger partial charge in [0.05, 0.1) is 5.52 Å². The molecular weight excluding hydrogens is 197 g/mol. The highest BCUT2D eigenvalue weighted by Gasteiger charge is 1.99. The number of hydrogen-bond donors (Lipinski definition) is 0. The van der Waals surface area contributed by atoms with E-state index < -0.39 is 6.86 Å². The lowest BCUT2D eigenvalue weighted by molar-refractivity contribution is 0.111. The molecule has 0 saturated heterocycles. The van der Waals surface area contributed by atoms with E-state index in [0.717, 1.165) is 5.39 Å². The van der Waals surface area contributed by atoms with Gasteiger partial charge in [-0.25, -0.2) is 9.37 Å². The van der Waals surface area contributed by atoms with Crippen LogP contribution >= 0.6 is 0 Å². The largest absolute Gasteiger partial charge is 0.463 e. The number of ether oxygens (including phenoxy) is 1. The highest BCUT2D eigenvalue weighted by molar-refractivity contribution is 5.84. The van der Waals surface area contributed by atoms with Crippen LogP contribution in [0.15, 0.2) is 30.3 Å². The molecule has 2 rings (SSSR count). The van der Waals surface area contributed by atoms with Crippen LogP contribution in [0.1, 0.15) is 10.5 Å². The van der Waals surface area contributed by atoms with Crippen molar-refractivity contribution in [1.29, 1.82) is 0 Å². The molecule has 1 heterocycles. The third-order valence-electron chi connectivity index (χ3n) is 2.02. The highest BCUT2D eigenvalue weighted by Crippen LogP contribution is 2.19. The van der Waals surface area contributed by atoms with Crippen molar-refractivity contribution in [2.45, 2.75) is 0 Å². The zero-order valence-electron chi connectivity index (χ0n) is 7.81. The summed E-state index contributed by atoms with van der Waals surface area (Å²) in [5.41, 5.74) is 1.06. The molecule has 76 valence electrons. The summed E-state index contributed by atoms with van der Waals surface area (Å²) in [6, 6.07) is 8.33. The van der Waals surface area contributed by atoms with Crippen molar-refractivity contribution < 1.29 is 13.9 Å². The molecule has 0 bridgehead atoms. The fourth-order valence-corrected chi connectivity index (χ4v) is 1.34. The third kappa shape index (κ3) is 1.93. The van der Waals surface area contributed by atoms with Crippen LogP contribution < -0.4 is 4.74 Å². The molecule has 3 nitrogen and oxygen atoms in total. The maximum absolute atomic E-state index is 11.9. The number of carbonyl (C=O) groups excluding carboxylic acids is 1.